The Morgan fingerprint density at radius 3 is 2.68 bits per heavy atom. The van der Waals surface area contributed by atoms with Crippen molar-refractivity contribution >= 4 is 15.9 Å². The first-order valence-electron chi connectivity index (χ1n) is 6.04. The van der Waals surface area contributed by atoms with Crippen LogP contribution in [0.25, 0.3) is 0 Å². The largest absolute Gasteiger partial charge is 0.364 e. The van der Waals surface area contributed by atoms with E-state index in [1.807, 2.05) is 0 Å². The summed E-state index contributed by atoms with van der Waals surface area (Å²) in [7, 11) is -2.02. The molecule has 1 atom stereocenters. The summed E-state index contributed by atoms with van der Waals surface area (Å²) >= 11 is 0. The fraction of sp³-hybridized carbons (Fsp3) is 0.545. The van der Waals surface area contributed by atoms with E-state index in [0.29, 0.717) is 13.1 Å². The van der Waals surface area contributed by atoms with E-state index >= 15 is 0 Å². The molecule has 0 saturated carbocycles. The van der Waals surface area contributed by atoms with Crippen molar-refractivity contribution in [3.8, 4) is 0 Å². The van der Waals surface area contributed by atoms with Gasteiger partial charge in [-0.1, -0.05) is 0 Å². The first-order chi connectivity index (χ1) is 8.82. The molecule has 7 nitrogen and oxygen atoms in total. The molecule has 0 unspecified atom stereocenters. The van der Waals surface area contributed by atoms with Crippen LogP contribution < -0.4 is 11.5 Å². The predicted octanol–water partition coefficient (Wildman–Crippen LogP) is -0.764. The predicted molar refractivity (Wildman–Crippen MR) is 69.9 cm³/mol. The Kier molecular flexibility index (Phi) is 3.66. The lowest BCUT2D eigenvalue weighted by atomic mass is 10.1. The van der Waals surface area contributed by atoms with Crippen LogP contribution in [0.3, 0.4) is 0 Å². The molecule has 1 aliphatic rings. The molecule has 0 spiro atoms. The van der Waals surface area contributed by atoms with Crippen LogP contribution in [0.15, 0.2) is 17.2 Å². The van der Waals surface area contributed by atoms with Crippen molar-refractivity contribution in [2.24, 2.45) is 18.5 Å². The Labute approximate surface area is 112 Å². The van der Waals surface area contributed by atoms with Gasteiger partial charge in [0.15, 0.2) is 0 Å². The maximum Gasteiger partial charge on any atom is 0.265 e. The Morgan fingerprint density at radius 1 is 1.47 bits per heavy atom. The second-order valence-electron chi connectivity index (χ2n) is 4.80. The first-order valence-corrected chi connectivity index (χ1v) is 7.48. The van der Waals surface area contributed by atoms with Crippen molar-refractivity contribution < 1.29 is 13.2 Å². The van der Waals surface area contributed by atoms with Crippen LogP contribution in [0.5, 0.6) is 0 Å². The molecule has 1 saturated heterocycles. The summed E-state index contributed by atoms with van der Waals surface area (Å²) in [5.74, 6) is -0.653. The van der Waals surface area contributed by atoms with Gasteiger partial charge < -0.3 is 16.0 Å². The molecule has 0 aromatic carbocycles. The van der Waals surface area contributed by atoms with Crippen LogP contribution in [0.4, 0.5) is 0 Å². The molecule has 8 heteroatoms. The molecule has 1 aromatic heterocycles. The highest BCUT2D eigenvalue weighted by atomic mass is 32.2. The number of primary amides is 1. The maximum absolute atomic E-state index is 12.4. The molecule has 2 heterocycles. The molecular weight excluding hydrogens is 268 g/mol. The minimum absolute atomic E-state index is 0.0814. The van der Waals surface area contributed by atoms with Gasteiger partial charge in [-0.3, -0.25) is 4.79 Å². The summed E-state index contributed by atoms with van der Waals surface area (Å²) in [6.45, 7) is 0.764. The zero-order chi connectivity index (χ0) is 14.2. The van der Waals surface area contributed by atoms with Crippen molar-refractivity contribution in [3.05, 3.63) is 18.0 Å². The number of hydrogen-bond donors (Lipinski definition) is 2. The summed E-state index contributed by atoms with van der Waals surface area (Å²) in [6.07, 6.45) is 2.97. The third kappa shape index (κ3) is 2.65. The fourth-order valence-electron chi connectivity index (χ4n) is 2.26. The Bertz CT molecular complexity index is 593. The van der Waals surface area contributed by atoms with Gasteiger partial charge >= 0.3 is 0 Å². The summed E-state index contributed by atoms with van der Waals surface area (Å²) in [4.78, 5) is 11.2. The summed E-state index contributed by atoms with van der Waals surface area (Å²) in [5.41, 5.74) is 11.1. The highest BCUT2D eigenvalue weighted by Gasteiger charge is 2.30. The van der Waals surface area contributed by atoms with Crippen LogP contribution in [-0.2, 0) is 17.1 Å². The van der Waals surface area contributed by atoms with E-state index in [1.54, 1.807) is 7.05 Å². The molecule has 19 heavy (non-hydrogen) atoms. The molecule has 0 radical (unpaired) electrons. The third-order valence-electron chi connectivity index (χ3n) is 3.29. The average molecular weight is 286 g/mol. The van der Waals surface area contributed by atoms with Crippen LogP contribution in [0, 0.1) is 0 Å². The number of carbonyl (C=O) groups is 1. The first kappa shape index (κ1) is 14.0. The van der Waals surface area contributed by atoms with Crippen LogP contribution in [0.2, 0.25) is 0 Å². The topological polar surface area (TPSA) is 111 Å². The molecule has 2 rings (SSSR count). The van der Waals surface area contributed by atoms with E-state index in [-0.39, 0.29) is 16.6 Å². The zero-order valence-electron chi connectivity index (χ0n) is 10.7. The van der Waals surface area contributed by atoms with Gasteiger partial charge in [0.05, 0.1) is 0 Å². The number of aromatic nitrogens is 1. The van der Waals surface area contributed by atoms with E-state index in [2.05, 4.69) is 0 Å². The van der Waals surface area contributed by atoms with Gasteiger partial charge in [0.1, 0.15) is 10.6 Å². The number of rotatable bonds is 3. The highest BCUT2D eigenvalue weighted by Crippen LogP contribution is 2.21. The second kappa shape index (κ2) is 4.95. The molecule has 1 aliphatic heterocycles. The van der Waals surface area contributed by atoms with Crippen molar-refractivity contribution in [2.75, 3.05) is 13.1 Å². The summed E-state index contributed by atoms with van der Waals surface area (Å²) < 4.78 is 27.6. The minimum atomic E-state index is -3.61. The maximum atomic E-state index is 12.4. The average Bonchev–Trinajstić information content (AvgIpc) is 2.72. The summed E-state index contributed by atoms with van der Waals surface area (Å²) in [6, 6.07) is 1.17. The quantitative estimate of drug-likeness (QED) is 0.760. The van der Waals surface area contributed by atoms with E-state index in [1.165, 1.54) is 21.1 Å². The normalized spacial score (nSPS) is 21.5. The number of nitrogens with zero attached hydrogens (tertiary/aromatic N) is 2. The number of aryl methyl sites for hydroxylation is 1. The lowest BCUT2D eigenvalue weighted by Crippen LogP contribution is -2.45. The lowest BCUT2D eigenvalue weighted by molar-refractivity contribution is 0.0992. The van der Waals surface area contributed by atoms with E-state index in [9.17, 15) is 13.2 Å². The zero-order valence-corrected chi connectivity index (χ0v) is 11.6. The van der Waals surface area contributed by atoms with E-state index < -0.39 is 15.9 Å². The molecule has 1 amide bonds. The van der Waals surface area contributed by atoms with Crippen LogP contribution in [-0.4, -0.2) is 42.3 Å². The molecular formula is C11H18N4O3S. The smallest absolute Gasteiger partial charge is 0.265 e. The third-order valence-corrected chi connectivity index (χ3v) is 5.12. The molecule has 0 aliphatic carbocycles. The van der Waals surface area contributed by atoms with Gasteiger partial charge in [-0.25, -0.2) is 8.42 Å². The monoisotopic (exact) mass is 286 g/mol. The van der Waals surface area contributed by atoms with E-state index in [0.717, 1.165) is 12.8 Å². The summed E-state index contributed by atoms with van der Waals surface area (Å²) in [5, 5.41) is 0. The van der Waals surface area contributed by atoms with Gasteiger partial charge in [0.25, 0.3) is 5.91 Å². The van der Waals surface area contributed by atoms with Gasteiger partial charge in [-0.15, -0.1) is 0 Å². The van der Waals surface area contributed by atoms with Crippen LogP contribution >= 0.6 is 0 Å². The van der Waals surface area contributed by atoms with Gasteiger partial charge in [0, 0.05) is 32.4 Å². The molecule has 0 bridgehead atoms. The van der Waals surface area contributed by atoms with Gasteiger partial charge in [0.2, 0.25) is 10.0 Å². The number of piperidine rings is 1. The molecule has 106 valence electrons. The molecule has 1 fully saturated rings. The number of nitrogens with two attached hydrogens (primary N) is 2. The Balaban J connectivity index is 2.34. The second-order valence-corrected chi connectivity index (χ2v) is 6.74. The van der Waals surface area contributed by atoms with Crippen LogP contribution in [0.1, 0.15) is 23.3 Å². The number of amides is 1. The van der Waals surface area contributed by atoms with Gasteiger partial charge in [-0.2, -0.15) is 4.31 Å². The molecule has 1 aromatic rings. The van der Waals surface area contributed by atoms with Crippen molar-refractivity contribution in [3.63, 3.8) is 0 Å². The highest BCUT2D eigenvalue weighted by molar-refractivity contribution is 7.89. The number of hydrogen-bond acceptors (Lipinski definition) is 4. The number of sulfonamides is 1. The SMILES string of the molecule is Cn1cc(S(=O)(=O)N2CCC[C@@H](N)C2)cc1C(N)=O. The Hall–Kier alpha value is -1.38. The fourth-order valence-corrected chi connectivity index (χ4v) is 3.87. The molecule has 4 N–H and O–H groups in total. The lowest BCUT2D eigenvalue weighted by Gasteiger charge is -2.29. The Morgan fingerprint density at radius 2 is 2.16 bits per heavy atom. The minimum Gasteiger partial charge on any atom is -0.364 e. The van der Waals surface area contributed by atoms with Gasteiger partial charge in [-0.05, 0) is 18.9 Å². The van der Waals surface area contributed by atoms with Crippen molar-refractivity contribution in [1.82, 2.24) is 8.87 Å². The number of carbonyl (C=O) groups excluding carboxylic acids is 1. The van der Waals surface area contributed by atoms with Crippen molar-refractivity contribution in [2.45, 2.75) is 23.8 Å². The van der Waals surface area contributed by atoms with Crippen molar-refractivity contribution in [1.29, 1.82) is 0 Å². The van der Waals surface area contributed by atoms with E-state index in [4.69, 9.17) is 11.5 Å². The standard InChI is InChI=1S/C11H18N4O3S/c1-14-7-9(5-10(14)11(13)16)19(17,18)15-4-2-3-8(12)6-15/h5,7-8H,2-4,6,12H2,1H3,(H2,13,16)/t8-/m1/s1.